The Bertz CT molecular complexity index is 797. The van der Waals surface area contributed by atoms with Gasteiger partial charge in [-0.15, -0.1) is 0 Å². The van der Waals surface area contributed by atoms with Crippen LogP contribution in [0.25, 0.3) is 0 Å². The summed E-state index contributed by atoms with van der Waals surface area (Å²) in [5.74, 6) is -1.11. The van der Waals surface area contributed by atoms with Gasteiger partial charge < -0.3 is 20.7 Å². The Morgan fingerprint density at radius 1 is 1.04 bits per heavy atom. The zero-order chi connectivity index (χ0) is 20.4. The molecule has 0 saturated heterocycles. The van der Waals surface area contributed by atoms with Crippen molar-refractivity contribution in [2.24, 2.45) is 0 Å². The van der Waals surface area contributed by atoms with Crippen molar-refractivity contribution in [2.75, 3.05) is 18.5 Å². The molecule has 0 bridgehead atoms. The predicted octanol–water partition coefficient (Wildman–Crippen LogP) is 2.75. The van der Waals surface area contributed by atoms with Gasteiger partial charge in [0.05, 0.1) is 0 Å². The molecule has 0 aliphatic heterocycles. The van der Waals surface area contributed by atoms with Crippen LogP contribution >= 0.6 is 11.6 Å². The molecule has 0 radical (unpaired) electrons. The van der Waals surface area contributed by atoms with Crippen molar-refractivity contribution in [3.05, 3.63) is 65.2 Å². The molecule has 0 aliphatic carbocycles. The molecule has 0 saturated carbocycles. The fraction of sp³-hybridized carbons (Fsp3) is 0.250. The van der Waals surface area contributed by atoms with Crippen LogP contribution in [0.1, 0.15) is 12.5 Å². The number of ether oxygens (including phenoxy) is 1. The third-order valence-electron chi connectivity index (χ3n) is 3.73. The van der Waals surface area contributed by atoms with Crippen LogP contribution < -0.4 is 16.0 Å². The molecule has 0 aromatic heterocycles. The van der Waals surface area contributed by atoms with Crippen LogP contribution in [0, 0.1) is 0 Å². The van der Waals surface area contributed by atoms with E-state index in [9.17, 15) is 14.4 Å². The van der Waals surface area contributed by atoms with E-state index in [4.69, 9.17) is 16.3 Å². The third kappa shape index (κ3) is 7.67. The second kappa shape index (κ2) is 10.9. The van der Waals surface area contributed by atoms with Crippen molar-refractivity contribution >= 4 is 35.2 Å². The molecule has 2 aromatic carbocycles. The fourth-order valence-electron chi connectivity index (χ4n) is 2.25. The van der Waals surface area contributed by atoms with Gasteiger partial charge in [0.25, 0.3) is 5.91 Å². The lowest BCUT2D eigenvalue weighted by Gasteiger charge is -2.14. The van der Waals surface area contributed by atoms with E-state index in [1.54, 1.807) is 36.4 Å². The molecule has 1 atom stereocenters. The normalized spacial score (nSPS) is 11.2. The number of halogens is 1. The maximum atomic E-state index is 11.9. The quantitative estimate of drug-likeness (QED) is 0.590. The average Bonchev–Trinajstić information content (AvgIpc) is 2.68. The first-order valence-electron chi connectivity index (χ1n) is 8.74. The summed E-state index contributed by atoms with van der Waals surface area (Å²) in [5.41, 5.74) is 1.63. The Morgan fingerprint density at radius 3 is 2.39 bits per heavy atom. The van der Waals surface area contributed by atoms with Gasteiger partial charge in [0.2, 0.25) is 0 Å². The van der Waals surface area contributed by atoms with E-state index in [2.05, 4.69) is 16.0 Å². The van der Waals surface area contributed by atoms with Crippen molar-refractivity contribution in [1.82, 2.24) is 10.6 Å². The number of esters is 1. The molecule has 0 spiro atoms. The zero-order valence-electron chi connectivity index (χ0n) is 15.4. The summed E-state index contributed by atoms with van der Waals surface area (Å²) >= 11 is 5.82. The minimum absolute atomic E-state index is 0.408. The van der Waals surface area contributed by atoms with E-state index >= 15 is 0 Å². The second-order valence-electron chi connectivity index (χ2n) is 6.02. The third-order valence-corrected chi connectivity index (χ3v) is 3.98. The first-order valence-corrected chi connectivity index (χ1v) is 9.12. The van der Waals surface area contributed by atoms with Gasteiger partial charge in [0.1, 0.15) is 6.04 Å². The Morgan fingerprint density at radius 2 is 1.71 bits per heavy atom. The molecule has 2 aromatic rings. The van der Waals surface area contributed by atoms with Gasteiger partial charge in [0, 0.05) is 17.3 Å². The summed E-state index contributed by atoms with van der Waals surface area (Å²) in [6.07, 6.45) is 0.633. The van der Waals surface area contributed by atoms with Crippen LogP contribution in [-0.4, -0.2) is 37.1 Å². The van der Waals surface area contributed by atoms with Crippen molar-refractivity contribution < 1.29 is 19.1 Å². The highest BCUT2D eigenvalue weighted by Gasteiger charge is 2.18. The predicted molar refractivity (Wildman–Crippen MR) is 107 cm³/mol. The number of amides is 3. The lowest BCUT2D eigenvalue weighted by molar-refractivity contribution is -0.149. The molecule has 3 amide bonds. The summed E-state index contributed by atoms with van der Waals surface area (Å²) in [6.45, 7) is 1.47. The Balaban J connectivity index is 1.63. The van der Waals surface area contributed by atoms with E-state index < -0.39 is 30.6 Å². The number of rotatable bonds is 8. The van der Waals surface area contributed by atoms with E-state index in [0.29, 0.717) is 23.7 Å². The topological polar surface area (TPSA) is 96.5 Å². The number of urea groups is 1. The zero-order valence-corrected chi connectivity index (χ0v) is 16.2. The highest BCUT2D eigenvalue weighted by Crippen LogP contribution is 2.09. The number of carbonyl (C=O) groups excluding carboxylic acids is 3. The summed E-state index contributed by atoms with van der Waals surface area (Å²) < 4.78 is 4.92. The molecule has 0 unspecified atom stereocenters. The minimum Gasteiger partial charge on any atom is -0.454 e. The molecule has 8 heteroatoms. The van der Waals surface area contributed by atoms with Crippen molar-refractivity contribution in [3.63, 3.8) is 0 Å². The second-order valence-corrected chi connectivity index (χ2v) is 6.46. The maximum Gasteiger partial charge on any atom is 0.328 e. The van der Waals surface area contributed by atoms with Gasteiger partial charge in [-0.1, -0.05) is 41.9 Å². The lowest BCUT2D eigenvalue weighted by atomic mass is 10.1. The van der Waals surface area contributed by atoms with E-state index in [0.717, 1.165) is 5.56 Å². The summed E-state index contributed by atoms with van der Waals surface area (Å²) in [7, 11) is 0. The van der Waals surface area contributed by atoms with Crippen LogP contribution in [0.2, 0.25) is 5.02 Å². The van der Waals surface area contributed by atoms with Crippen molar-refractivity contribution in [1.29, 1.82) is 0 Å². The van der Waals surface area contributed by atoms with Gasteiger partial charge in [-0.05, 0) is 43.2 Å². The molecule has 2 rings (SSSR count). The van der Waals surface area contributed by atoms with Crippen LogP contribution in [0.5, 0.6) is 0 Å². The number of anilines is 1. The first kappa shape index (κ1) is 21.2. The van der Waals surface area contributed by atoms with Gasteiger partial charge >= 0.3 is 12.0 Å². The maximum absolute atomic E-state index is 11.9. The monoisotopic (exact) mass is 403 g/mol. The SMILES string of the molecule is C[C@H](NC(=O)Nc1ccccc1)C(=O)OCC(=O)NCCc1ccc(Cl)cc1. The lowest BCUT2D eigenvalue weighted by Crippen LogP contribution is -2.43. The fourth-order valence-corrected chi connectivity index (χ4v) is 2.38. The number of nitrogens with one attached hydrogen (secondary N) is 3. The Labute approximate surface area is 168 Å². The number of carbonyl (C=O) groups is 3. The Kier molecular flexibility index (Phi) is 8.30. The number of hydrogen-bond donors (Lipinski definition) is 3. The van der Waals surface area contributed by atoms with Gasteiger partial charge in [0.15, 0.2) is 6.61 Å². The van der Waals surface area contributed by atoms with Crippen molar-refractivity contribution in [2.45, 2.75) is 19.4 Å². The van der Waals surface area contributed by atoms with Crippen LogP contribution in [-0.2, 0) is 20.7 Å². The molecule has 0 aliphatic rings. The molecule has 28 heavy (non-hydrogen) atoms. The highest BCUT2D eigenvalue weighted by molar-refractivity contribution is 6.30. The largest absolute Gasteiger partial charge is 0.454 e. The van der Waals surface area contributed by atoms with Crippen LogP contribution in [0.15, 0.2) is 54.6 Å². The van der Waals surface area contributed by atoms with Crippen molar-refractivity contribution in [3.8, 4) is 0 Å². The number of para-hydroxylation sites is 1. The van der Waals surface area contributed by atoms with E-state index in [1.807, 2.05) is 18.2 Å². The highest BCUT2D eigenvalue weighted by atomic mass is 35.5. The summed E-state index contributed by atoms with van der Waals surface area (Å²) in [6, 6.07) is 14.7. The molecule has 3 N–H and O–H groups in total. The minimum atomic E-state index is -0.898. The van der Waals surface area contributed by atoms with E-state index in [1.165, 1.54) is 6.92 Å². The van der Waals surface area contributed by atoms with Gasteiger partial charge in [-0.2, -0.15) is 0 Å². The summed E-state index contributed by atoms with van der Waals surface area (Å²) in [4.78, 5) is 35.5. The average molecular weight is 404 g/mol. The number of hydrogen-bond acceptors (Lipinski definition) is 4. The molecule has 148 valence electrons. The summed E-state index contributed by atoms with van der Waals surface area (Å²) in [5, 5.41) is 8.37. The molecule has 0 fully saturated rings. The molecular formula is C20H22ClN3O4. The smallest absolute Gasteiger partial charge is 0.328 e. The molecule has 0 heterocycles. The van der Waals surface area contributed by atoms with Crippen LogP contribution in [0.4, 0.5) is 10.5 Å². The van der Waals surface area contributed by atoms with Gasteiger partial charge in [-0.3, -0.25) is 4.79 Å². The van der Waals surface area contributed by atoms with E-state index in [-0.39, 0.29) is 0 Å². The standard InChI is InChI=1S/C20H22ClN3O4/c1-14(23-20(27)24-17-5-3-2-4-6-17)19(26)28-13-18(25)22-12-11-15-7-9-16(21)10-8-15/h2-10,14H,11-13H2,1H3,(H,22,25)(H2,23,24,27)/t14-/m0/s1. The Hall–Kier alpha value is -3.06. The molecule has 7 nitrogen and oxygen atoms in total. The van der Waals surface area contributed by atoms with Gasteiger partial charge in [-0.25, -0.2) is 9.59 Å². The van der Waals surface area contributed by atoms with Crippen LogP contribution in [0.3, 0.4) is 0 Å². The number of benzene rings is 2. The first-order chi connectivity index (χ1) is 13.4. The molecular weight excluding hydrogens is 382 g/mol.